The summed E-state index contributed by atoms with van der Waals surface area (Å²) < 4.78 is 5.62. The van der Waals surface area contributed by atoms with E-state index in [4.69, 9.17) is 10.00 Å². The summed E-state index contributed by atoms with van der Waals surface area (Å²) in [7, 11) is 0. The Hall–Kier alpha value is -3.71. The molecule has 0 saturated carbocycles. The van der Waals surface area contributed by atoms with Gasteiger partial charge in [-0.3, -0.25) is 14.9 Å². The first-order valence-corrected chi connectivity index (χ1v) is 8.54. The minimum atomic E-state index is -0.572. The third kappa shape index (κ3) is 4.68. The van der Waals surface area contributed by atoms with Gasteiger partial charge in [0.2, 0.25) is 5.91 Å². The van der Waals surface area contributed by atoms with Crippen molar-refractivity contribution in [2.45, 2.75) is 0 Å². The predicted molar refractivity (Wildman–Crippen MR) is 100.0 cm³/mol. The average molecular weight is 381 g/mol. The van der Waals surface area contributed by atoms with Gasteiger partial charge >= 0.3 is 0 Å². The normalized spacial score (nSPS) is 14.9. The quantitative estimate of drug-likeness (QED) is 0.481. The monoisotopic (exact) mass is 381 g/mol. The fourth-order valence-corrected chi connectivity index (χ4v) is 2.71. The number of carbonyl (C=O) groups excluding carboxylic acids is 1. The summed E-state index contributed by atoms with van der Waals surface area (Å²) in [5.41, 5.74) is 0.649. The number of rotatable bonds is 5. The van der Waals surface area contributed by atoms with Crippen molar-refractivity contribution in [1.82, 2.24) is 5.32 Å². The van der Waals surface area contributed by atoms with Crippen LogP contribution in [0.4, 0.5) is 5.69 Å². The molecular formula is C17H11N5O4S. The molecule has 0 unspecified atom stereocenters. The fourth-order valence-electron chi connectivity index (χ4n) is 2.08. The molecule has 134 valence electrons. The summed E-state index contributed by atoms with van der Waals surface area (Å²) in [5, 5.41) is 30.7. The van der Waals surface area contributed by atoms with Crippen LogP contribution in [0.5, 0.6) is 11.5 Å². The molecule has 1 N–H and O–H groups in total. The first-order chi connectivity index (χ1) is 13.0. The van der Waals surface area contributed by atoms with E-state index >= 15 is 0 Å². The van der Waals surface area contributed by atoms with E-state index in [1.54, 1.807) is 24.3 Å². The van der Waals surface area contributed by atoms with Gasteiger partial charge in [-0.05, 0) is 35.9 Å². The predicted octanol–water partition coefficient (Wildman–Crippen LogP) is 2.81. The Morgan fingerprint density at radius 3 is 2.70 bits per heavy atom. The van der Waals surface area contributed by atoms with Crippen molar-refractivity contribution in [1.29, 1.82) is 5.26 Å². The number of amides is 1. The van der Waals surface area contributed by atoms with Crippen LogP contribution in [0.1, 0.15) is 11.1 Å². The standard InChI is InChI=1S/C17H11N5O4S/c18-8-12-7-13(22(24)25)3-6-15(12)26-14-4-1-11(2-5-14)9-19-21-17-20-16(23)10-27-17/h1-7,9H,10H2,(H,20,21,23). The topological polar surface area (TPSA) is 130 Å². The number of nitrogens with zero attached hydrogens (tertiary/aromatic N) is 4. The molecule has 10 heteroatoms. The van der Waals surface area contributed by atoms with Crippen LogP contribution in [0, 0.1) is 21.4 Å². The van der Waals surface area contributed by atoms with E-state index in [0.29, 0.717) is 16.7 Å². The molecule has 0 aromatic heterocycles. The number of nitriles is 1. The number of nitro benzene ring substituents is 1. The third-order valence-electron chi connectivity index (χ3n) is 3.34. The Bertz CT molecular complexity index is 995. The molecule has 0 spiro atoms. The minimum absolute atomic E-state index is 0.0711. The zero-order valence-electron chi connectivity index (χ0n) is 13.7. The molecule has 1 aliphatic heterocycles. The van der Waals surface area contributed by atoms with Gasteiger partial charge in [0, 0.05) is 12.1 Å². The first kappa shape index (κ1) is 18.1. The summed E-state index contributed by atoms with van der Waals surface area (Å²) in [6, 6.07) is 12.5. The van der Waals surface area contributed by atoms with Crippen LogP contribution in [0.3, 0.4) is 0 Å². The Labute approximate surface area is 157 Å². The molecule has 1 fully saturated rings. The summed E-state index contributed by atoms with van der Waals surface area (Å²) in [6.45, 7) is 0. The maximum Gasteiger partial charge on any atom is 0.271 e. The lowest BCUT2D eigenvalue weighted by atomic mass is 10.2. The number of amidine groups is 1. The van der Waals surface area contributed by atoms with E-state index in [2.05, 4.69) is 15.5 Å². The van der Waals surface area contributed by atoms with Crippen LogP contribution < -0.4 is 10.1 Å². The van der Waals surface area contributed by atoms with Gasteiger partial charge in [-0.15, -0.1) is 5.10 Å². The van der Waals surface area contributed by atoms with E-state index in [0.717, 1.165) is 11.6 Å². The van der Waals surface area contributed by atoms with Gasteiger partial charge in [-0.2, -0.15) is 10.4 Å². The Morgan fingerprint density at radius 1 is 1.30 bits per heavy atom. The van der Waals surface area contributed by atoms with E-state index < -0.39 is 4.92 Å². The molecule has 0 bridgehead atoms. The van der Waals surface area contributed by atoms with Crippen LogP contribution in [-0.4, -0.2) is 28.0 Å². The highest BCUT2D eigenvalue weighted by Gasteiger charge is 2.16. The van der Waals surface area contributed by atoms with Crippen molar-refractivity contribution in [2.75, 3.05) is 5.75 Å². The van der Waals surface area contributed by atoms with Gasteiger partial charge in [-0.25, -0.2) is 0 Å². The Kier molecular flexibility index (Phi) is 5.44. The smallest absolute Gasteiger partial charge is 0.271 e. The van der Waals surface area contributed by atoms with Crippen LogP contribution in [0.25, 0.3) is 0 Å². The maximum absolute atomic E-state index is 11.0. The lowest BCUT2D eigenvalue weighted by Gasteiger charge is -2.07. The van der Waals surface area contributed by atoms with Crippen LogP contribution in [0.2, 0.25) is 0 Å². The molecule has 1 saturated heterocycles. The zero-order chi connectivity index (χ0) is 19.2. The van der Waals surface area contributed by atoms with Crippen molar-refractivity contribution < 1.29 is 14.5 Å². The highest BCUT2D eigenvalue weighted by molar-refractivity contribution is 8.15. The number of nitrogens with one attached hydrogen (secondary N) is 1. The summed E-state index contributed by atoms with van der Waals surface area (Å²) in [5.74, 6) is 0.930. The fraction of sp³-hybridized carbons (Fsp3) is 0.0588. The van der Waals surface area contributed by atoms with Crippen molar-refractivity contribution in [3.63, 3.8) is 0 Å². The SMILES string of the molecule is N#Cc1cc([N+](=O)[O-])ccc1Oc1ccc(C=NN=C2NC(=O)CS2)cc1. The van der Waals surface area contributed by atoms with Gasteiger partial charge in [0.1, 0.15) is 23.1 Å². The maximum atomic E-state index is 11.0. The van der Waals surface area contributed by atoms with Crippen LogP contribution in [-0.2, 0) is 4.79 Å². The van der Waals surface area contributed by atoms with Crippen molar-refractivity contribution in [3.8, 4) is 17.6 Å². The second kappa shape index (κ2) is 8.11. The number of ether oxygens (including phenoxy) is 1. The van der Waals surface area contributed by atoms with Gasteiger partial charge in [0.05, 0.1) is 16.9 Å². The van der Waals surface area contributed by atoms with E-state index in [-0.39, 0.29) is 22.9 Å². The molecule has 1 heterocycles. The van der Waals surface area contributed by atoms with Gasteiger partial charge in [0.25, 0.3) is 5.69 Å². The molecule has 0 radical (unpaired) electrons. The molecule has 3 rings (SSSR count). The summed E-state index contributed by atoms with van der Waals surface area (Å²) in [4.78, 5) is 21.2. The highest BCUT2D eigenvalue weighted by Crippen LogP contribution is 2.28. The number of nitro groups is 1. The number of hydrogen-bond acceptors (Lipinski definition) is 8. The highest BCUT2D eigenvalue weighted by atomic mass is 32.2. The number of carbonyl (C=O) groups is 1. The first-order valence-electron chi connectivity index (χ1n) is 7.55. The Morgan fingerprint density at radius 2 is 2.07 bits per heavy atom. The van der Waals surface area contributed by atoms with Gasteiger partial charge in [0.15, 0.2) is 5.17 Å². The molecule has 9 nitrogen and oxygen atoms in total. The van der Waals surface area contributed by atoms with Gasteiger partial charge in [-0.1, -0.05) is 11.8 Å². The molecule has 0 atom stereocenters. The van der Waals surface area contributed by atoms with Crippen molar-refractivity contribution >= 4 is 34.7 Å². The second-order valence-electron chi connectivity index (χ2n) is 5.21. The molecule has 1 aliphatic rings. The third-order valence-corrected chi connectivity index (χ3v) is 4.21. The number of benzene rings is 2. The van der Waals surface area contributed by atoms with E-state index in [9.17, 15) is 14.9 Å². The van der Waals surface area contributed by atoms with Crippen molar-refractivity contribution in [3.05, 3.63) is 63.7 Å². The molecule has 0 aliphatic carbocycles. The molecule has 1 amide bonds. The number of hydrogen-bond donors (Lipinski definition) is 1. The molecule has 2 aromatic rings. The molecule has 2 aromatic carbocycles. The molecular weight excluding hydrogens is 370 g/mol. The zero-order valence-corrected chi connectivity index (χ0v) is 14.5. The van der Waals surface area contributed by atoms with Gasteiger partial charge < -0.3 is 10.1 Å². The Balaban J connectivity index is 1.68. The second-order valence-corrected chi connectivity index (χ2v) is 6.17. The van der Waals surface area contributed by atoms with E-state index in [1.165, 1.54) is 30.1 Å². The van der Waals surface area contributed by atoms with Crippen LogP contribution in [0.15, 0.2) is 52.7 Å². The molecule has 27 heavy (non-hydrogen) atoms. The largest absolute Gasteiger partial charge is 0.456 e. The summed E-state index contributed by atoms with van der Waals surface area (Å²) >= 11 is 1.28. The minimum Gasteiger partial charge on any atom is -0.456 e. The van der Waals surface area contributed by atoms with Crippen molar-refractivity contribution in [2.24, 2.45) is 10.2 Å². The lowest BCUT2D eigenvalue weighted by molar-refractivity contribution is -0.384. The average Bonchev–Trinajstić information content (AvgIpc) is 3.08. The van der Waals surface area contributed by atoms with Crippen LogP contribution >= 0.6 is 11.8 Å². The van der Waals surface area contributed by atoms with E-state index in [1.807, 2.05) is 6.07 Å². The summed E-state index contributed by atoms with van der Waals surface area (Å²) in [6.07, 6.45) is 1.52. The number of non-ortho nitro benzene ring substituents is 1. The lowest BCUT2D eigenvalue weighted by Crippen LogP contribution is -2.19. The number of thioether (sulfide) groups is 1.